The lowest BCUT2D eigenvalue weighted by atomic mass is 9.97. The maximum Gasteiger partial charge on any atom is 0.149 e. The third-order valence-corrected chi connectivity index (χ3v) is 2.76. The van der Waals surface area contributed by atoms with Crippen molar-refractivity contribution in [3.8, 4) is 0 Å². The monoisotopic (exact) mass is 266 g/mol. The molecule has 0 saturated carbocycles. The third kappa shape index (κ3) is 2.91. The molecule has 0 spiro atoms. The minimum atomic E-state index is -0.353. The summed E-state index contributed by atoms with van der Waals surface area (Å²) in [5, 5.41) is 4.35. The highest BCUT2D eigenvalue weighted by Gasteiger charge is 2.12. The number of fused-ring (bicyclic) bond motifs is 1. The molecule has 0 radical (unpaired) electrons. The van der Waals surface area contributed by atoms with E-state index in [4.69, 9.17) is 11.6 Å². The SMILES string of the molecule is CC(C)(C)CNc1cc(Cl)nc2c(F)cccc12. The molecule has 2 aromatic rings. The average molecular weight is 267 g/mol. The second-order valence-electron chi connectivity index (χ2n) is 5.54. The summed E-state index contributed by atoms with van der Waals surface area (Å²) in [5.41, 5.74) is 1.26. The lowest BCUT2D eigenvalue weighted by Crippen LogP contribution is -2.19. The molecule has 0 aliphatic rings. The van der Waals surface area contributed by atoms with E-state index in [1.165, 1.54) is 6.07 Å². The van der Waals surface area contributed by atoms with E-state index < -0.39 is 0 Å². The molecule has 1 N–H and O–H groups in total. The molecule has 0 amide bonds. The van der Waals surface area contributed by atoms with Crippen LogP contribution in [0.3, 0.4) is 0 Å². The van der Waals surface area contributed by atoms with Gasteiger partial charge in [0.25, 0.3) is 0 Å². The second kappa shape index (κ2) is 4.73. The Kier molecular flexibility index (Phi) is 3.44. The lowest BCUT2D eigenvalue weighted by Gasteiger charge is -2.20. The molecule has 2 nitrogen and oxygen atoms in total. The van der Waals surface area contributed by atoms with E-state index in [2.05, 4.69) is 31.1 Å². The number of rotatable bonds is 2. The summed E-state index contributed by atoms with van der Waals surface area (Å²) in [6, 6.07) is 6.64. The van der Waals surface area contributed by atoms with E-state index in [0.717, 1.165) is 17.6 Å². The van der Waals surface area contributed by atoms with Crippen molar-refractivity contribution in [3.63, 3.8) is 0 Å². The zero-order chi connectivity index (χ0) is 13.3. The highest BCUT2D eigenvalue weighted by Crippen LogP contribution is 2.28. The van der Waals surface area contributed by atoms with Gasteiger partial charge in [0, 0.05) is 17.6 Å². The summed E-state index contributed by atoms with van der Waals surface area (Å²) in [5.74, 6) is -0.353. The number of aromatic nitrogens is 1. The van der Waals surface area contributed by atoms with Crippen LogP contribution in [0, 0.1) is 11.2 Å². The average Bonchev–Trinajstić information content (AvgIpc) is 2.26. The summed E-state index contributed by atoms with van der Waals surface area (Å²) in [4.78, 5) is 4.03. The van der Waals surface area contributed by atoms with Crippen LogP contribution in [0.15, 0.2) is 24.3 Å². The van der Waals surface area contributed by atoms with Gasteiger partial charge in [-0.2, -0.15) is 0 Å². The van der Waals surface area contributed by atoms with Crippen LogP contribution in [0.1, 0.15) is 20.8 Å². The first-order chi connectivity index (χ1) is 8.37. The van der Waals surface area contributed by atoms with Crippen molar-refractivity contribution < 1.29 is 4.39 Å². The zero-order valence-electron chi connectivity index (χ0n) is 10.7. The zero-order valence-corrected chi connectivity index (χ0v) is 11.5. The van der Waals surface area contributed by atoms with Gasteiger partial charge in [-0.1, -0.05) is 44.5 Å². The fraction of sp³-hybridized carbons (Fsp3) is 0.357. The highest BCUT2D eigenvalue weighted by molar-refractivity contribution is 6.30. The van der Waals surface area contributed by atoms with Crippen LogP contribution in [-0.4, -0.2) is 11.5 Å². The van der Waals surface area contributed by atoms with Gasteiger partial charge in [-0.05, 0) is 17.5 Å². The van der Waals surface area contributed by atoms with Crippen molar-refractivity contribution in [3.05, 3.63) is 35.2 Å². The summed E-state index contributed by atoms with van der Waals surface area (Å²) < 4.78 is 13.7. The molecule has 0 aliphatic heterocycles. The third-order valence-electron chi connectivity index (χ3n) is 2.57. The number of para-hydroxylation sites is 1. The molecule has 1 aromatic heterocycles. The molecule has 0 fully saturated rings. The number of anilines is 1. The Labute approximate surface area is 111 Å². The fourth-order valence-corrected chi connectivity index (χ4v) is 1.88. The Morgan fingerprint density at radius 3 is 2.72 bits per heavy atom. The molecule has 1 heterocycles. The van der Waals surface area contributed by atoms with E-state index in [0.29, 0.717) is 10.7 Å². The summed E-state index contributed by atoms with van der Waals surface area (Å²) in [6.07, 6.45) is 0. The van der Waals surface area contributed by atoms with Crippen molar-refractivity contribution in [2.45, 2.75) is 20.8 Å². The number of nitrogens with zero attached hydrogens (tertiary/aromatic N) is 1. The number of halogens is 2. The molecule has 0 unspecified atom stereocenters. The first-order valence-electron chi connectivity index (χ1n) is 5.85. The molecule has 96 valence electrons. The van der Waals surface area contributed by atoms with Crippen LogP contribution in [0.2, 0.25) is 5.15 Å². The quantitative estimate of drug-likeness (QED) is 0.811. The largest absolute Gasteiger partial charge is 0.384 e. The Bertz CT molecular complexity index is 576. The predicted octanol–water partition coefficient (Wildman–Crippen LogP) is 4.49. The number of nitrogens with one attached hydrogen (secondary N) is 1. The molecule has 4 heteroatoms. The smallest absolute Gasteiger partial charge is 0.149 e. The first-order valence-corrected chi connectivity index (χ1v) is 6.23. The van der Waals surface area contributed by atoms with E-state index in [-0.39, 0.29) is 11.2 Å². The Morgan fingerprint density at radius 2 is 2.06 bits per heavy atom. The van der Waals surface area contributed by atoms with Crippen LogP contribution < -0.4 is 5.32 Å². The molecule has 0 atom stereocenters. The van der Waals surface area contributed by atoms with Crippen molar-refractivity contribution in [2.75, 3.05) is 11.9 Å². The van der Waals surface area contributed by atoms with Gasteiger partial charge < -0.3 is 5.32 Å². The summed E-state index contributed by atoms with van der Waals surface area (Å²) >= 11 is 5.93. The molecule has 18 heavy (non-hydrogen) atoms. The van der Waals surface area contributed by atoms with Gasteiger partial charge >= 0.3 is 0 Å². The minimum Gasteiger partial charge on any atom is -0.384 e. The first kappa shape index (κ1) is 13.1. The van der Waals surface area contributed by atoms with Gasteiger partial charge in [0.1, 0.15) is 16.5 Å². The van der Waals surface area contributed by atoms with Gasteiger partial charge in [0.2, 0.25) is 0 Å². The topological polar surface area (TPSA) is 24.9 Å². The van der Waals surface area contributed by atoms with Crippen molar-refractivity contribution in [2.24, 2.45) is 5.41 Å². The molecule has 0 aliphatic carbocycles. The van der Waals surface area contributed by atoms with E-state index in [9.17, 15) is 4.39 Å². The van der Waals surface area contributed by atoms with Gasteiger partial charge in [0.05, 0.1) is 0 Å². The Hall–Kier alpha value is -1.35. The van der Waals surface area contributed by atoms with Crippen LogP contribution in [0.25, 0.3) is 10.9 Å². The van der Waals surface area contributed by atoms with Crippen LogP contribution in [-0.2, 0) is 0 Å². The van der Waals surface area contributed by atoms with E-state index in [1.54, 1.807) is 12.1 Å². The Balaban J connectivity index is 2.47. The van der Waals surface area contributed by atoms with Crippen LogP contribution in [0.4, 0.5) is 10.1 Å². The maximum absolute atomic E-state index is 13.7. The maximum atomic E-state index is 13.7. The van der Waals surface area contributed by atoms with Gasteiger partial charge in [0.15, 0.2) is 0 Å². The van der Waals surface area contributed by atoms with Gasteiger partial charge in [-0.25, -0.2) is 9.37 Å². The molecular weight excluding hydrogens is 251 g/mol. The van der Waals surface area contributed by atoms with Crippen LogP contribution >= 0.6 is 11.6 Å². The minimum absolute atomic E-state index is 0.134. The normalized spacial score (nSPS) is 11.8. The molecular formula is C14H16ClFN2. The van der Waals surface area contributed by atoms with Gasteiger partial charge in [-0.3, -0.25) is 0 Å². The Morgan fingerprint density at radius 1 is 1.33 bits per heavy atom. The molecule has 0 bridgehead atoms. The fourth-order valence-electron chi connectivity index (χ4n) is 1.69. The van der Waals surface area contributed by atoms with E-state index >= 15 is 0 Å². The molecule has 0 saturated heterocycles. The van der Waals surface area contributed by atoms with E-state index in [1.807, 2.05) is 6.07 Å². The predicted molar refractivity (Wildman–Crippen MR) is 74.7 cm³/mol. The summed E-state index contributed by atoms with van der Waals surface area (Å²) in [6.45, 7) is 7.17. The van der Waals surface area contributed by atoms with Crippen LogP contribution in [0.5, 0.6) is 0 Å². The molecule has 1 aromatic carbocycles. The second-order valence-corrected chi connectivity index (χ2v) is 5.93. The number of hydrogen-bond acceptors (Lipinski definition) is 2. The van der Waals surface area contributed by atoms with Gasteiger partial charge in [-0.15, -0.1) is 0 Å². The molecule has 2 rings (SSSR count). The van der Waals surface area contributed by atoms with Crippen molar-refractivity contribution in [1.82, 2.24) is 4.98 Å². The lowest BCUT2D eigenvalue weighted by molar-refractivity contribution is 0.443. The number of hydrogen-bond donors (Lipinski definition) is 1. The summed E-state index contributed by atoms with van der Waals surface area (Å²) in [7, 11) is 0. The number of benzene rings is 1. The standard InChI is InChI=1S/C14H16ClFN2/c1-14(2,3)8-17-11-7-12(15)18-13-9(11)5-4-6-10(13)16/h4-7H,8H2,1-3H3,(H,17,18). The van der Waals surface area contributed by atoms with Crippen molar-refractivity contribution in [1.29, 1.82) is 0 Å². The van der Waals surface area contributed by atoms with Crippen molar-refractivity contribution >= 4 is 28.2 Å². The number of pyridine rings is 1. The highest BCUT2D eigenvalue weighted by atomic mass is 35.5.